The van der Waals surface area contributed by atoms with Gasteiger partial charge in [-0.3, -0.25) is 4.79 Å². The number of hydrogen-bond acceptors (Lipinski definition) is 4. The Morgan fingerprint density at radius 3 is 2.83 bits per heavy atom. The van der Waals surface area contributed by atoms with Crippen molar-refractivity contribution in [2.24, 2.45) is 11.7 Å². The molecule has 0 saturated heterocycles. The molecule has 0 radical (unpaired) electrons. The zero-order chi connectivity index (χ0) is 13.4. The molecule has 4 N–H and O–H groups in total. The van der Waals surface area contributed by atoms with Crippen molar-refractivity contribution >= 4 is 5.91 Å². The van der Waals surface area contributed by atoms with E-state index in [-0.39, 0.29) is 24.8 Å². The minimum Gasteiger partial charge on any atom is -0.455 e. The van der Waals surface area contributed by atoms with Crippen LogP contribution in [0.5, 0.6) is 0 Å². The zero-order valence-corrected chi connectivity index (χ0v) is 10.8. The van der Waals surface area contributed by atoms with Crippen LogP contribution >= 0.6 is 0 Å². The van der Waals surface area contributed by atoms with Gasteiger partial charge in [-0.05, 0) is 30.9 Å². The summed E-state index contributed by atoms with van der Waals surface area (Å²) >= 11 is 0. The molecule has 1 aromatic heterocycles. The van der Waals surface area contributed by atoms with Crippen molar-refractivity contribution in [1.29, 1.82) is 0 Å². The molecule has 5 nitrogen and oxygen atoms in total. The topological polar surface area (TPSA) is 88.5 Å². The SMILES string of the molecule is CCCC(CCO)CNC(=O)c1ccc(CN)o1. The van der Waals surface area contributed by atoms with Gasteiger partial charge in [0.1, 0.15) is 5.76 Å². The van der Waals surface area contributed by atoms with Gasteiger partial charge < -0.3 is 20.6 Å². The first-order valence-electron chi connectivity index (χ1n) is 6.39. The molecule has 1 rings (SSSR count). The highest BCUT2D eigenvalue weighted by molar-refractivity contribution is 5.91. The van der Waals surface area contributed by atoms with Gasteiger partial charge in [0.2, 0.25) is 0 Å². The summed E-state index contributed by atoms with van der Waals surface area (Å²) in [6, 6.07) is 3.32. The van der Waals surface area contributed by atoms with E-state index >= 15 is 0 Å². The molecule has 5 heteroatoms. The predicted molar refractivity (Wildman–Crippen MR) is 69.0 cm³/mol. The number of carbonyl (C=O) groups is 1. The van der Waals surface area contributed by atoms with Gasteiger partial charge in [-0.15, -0.1) is 0 Å². The maximum absolute atomic E-state index is 11.8. The molecule has 18 heavy (non-hydrogen) atoms. The molecular weight excluding hydrogens is 232 g/mol. The first-order valence-corrected chi connectivity index (χ1v) is 6.39. The van der Waals surface area contributed by atoms with Gasteiger partial charge in [-0.25, -0.2) is 0 Å². The Morgan fingerprint density at radius 1 is 1.50 bits per heavy atom. The predicted octanol–water partition coefficient (Wildman–Crippen LogP) is 1.27. The number of aliphatic hydroxyl groups excluding tert-OH is 1. The summed E-state index contributed by atoms with van der Waals surface area (Å²) in [6.07, 6.45) is 2.74. The summed E-state index contributed by atoms with van der Waals surface area (Å²) in [5, 5.41) is 11.8. The highest BCUT2D eigenvalue weighted by atomic mass is 16.4. The van der Waals surface area contributed by atoms with Gasteiger partial charge in [0.25, 0.3) is 5.91 Å². The summed E-state index contributed by atoms with van der Waals surface area (Å²) in [4.78, 5) is 11.8. The maximum atomic E-state index is 11.8. The van der Waals surface area contributed by atoms with Gasteiger partial charge in [-0.2, -0.15) is 0 Å². The molecule has 0 aliphatic rings. The summed E-state index contributed by atoms with van der Waals surface area (Å²) in [5.74, 6) is 0.969. The smallest absolute Gasteiger partial charge is 0.287 e. The van der Waals surface area contributed by atoms with Crippen LogP contribution in [0, 0.1) is 5.92 Å². The van der Waals surface area contributed by atoms with Crippen molar-refractivity contribution in [3.05, 3.63) is 23.7 Å². The van der Waals surface area contributed by atoms with Crippen LogP contribution < -0.4 is 11.1 Å². The number of carbonyl (C=O) groups excluding carboxylic acids is 1. The molecule has 1 amide bonds. The first kappa shape index (κ1) is 14.7. The fourth-order valence-corrected chi connectivity index (χ4v) is 1.87. The van der Waals surface area contributed by atoms with E-state index in [0.29, 0.717) is 24.6 Å². The molecule has 0 spiro atoms. The fraction of sp³-hybridized carbons (Fsp3) is 0.615. The van der Waals surface area contributed by atoms with Crippen molar-refractivity contribution in [3.8, 4) is 0 Å². The second-order valence-corrected chi connectivity index (χ2v) is 4.35. The number of amides is 1. The Morgan fingerprint density at radius 2 is 2.28 bits per heavy atom. The lowest BCUT2D eigenvalue weighted by atomic mass is 10.0. The Hall–Kier alpha value is -1.33. The van der Waals surface area contributed by atoms with Gasteiger partial charge in [0.15, 0.2) is 5.76 Å². The fourth-order valence-electron chi connectivity index (χ4n) is 1.87. The van der Waals surface area contributed by atoms with Crippen LogP contribution in [0.3, 0.4) is 0 Å². The van der Waals surface area contributed by atoms with Gasteiger partial charge in [0, 0.05) is 13.2 Å². The van der Waals surface area contributed by atoms with E-state index in [9.17, 15) is 4.79 Å². The van der Waals surface area contributed by atoms with E-state index in [4.69, 9.17) is 15.3 Å². The van der Waals surface area contributed by atoms with Crippen molar-refractivity contribution in [2.45, 2.75) is 32.7 Å². The third-order valence-electron chi connectivity index (χ3n) is 2.87. The number of furan rings is 1. The minimum absolute atomic E-state index is 0.151. The molecule has 0 aromatic carbocycles. The Bertz CT molecular complexity index is 357. The molecule has 1 atom stereocenters. The highest BCUT2D eigenvalue weighted by Gasteiger charge is 2.13. The summed E-state index contributed by atoms with van der Waals surface area (Å²) in [7, 11) is 0. The van der Waals surface area contributed by atoms with Crippen LogP contribution in [0.15, 0.2) is 16.5 Å². The largest absolute Gasteiger partial charge is 0.455 e. The highest BCUT2D eigenvalue weighted by Crippen LogP contribution is 2.11. The standard InChI is InChI=1S/C13H22N2O3/c1-2-3-10(6-7-16)9-15-13(17)12-5-4-11(8-14)18-12/h4-5,10,16H,2-3,6-9,14H2,1H3,(H,15,17). The number of aliphatic hydroxyl groups is 1. The molecule has 0 fully saturated rings. The van der Waals surface area contributed by atoms with E-state index in [0.717, 1.165) is 12.8 Å². The quantitative estimate of drug-likeness (QED) is 0.651. The maximum Gasteiger partial charge on any atom is 0.287 e. The second kappa shape index (κ2) is 7.89. The Balaban J connectivity index is 2.43. The molecule has 0 saturated carbocycles. The molecule has 1 unspecified atom stereocenters. The number of nitrogens with two attached hydrogens (primary N) is 1. The zero-order valence-electron chi connectivity index (χ0n) is 10.8. The second-order valence-electron chi connectivity index (χ2n) is 4.35. The van der Waals surface area contributed by atoms with Crippen molar-refractivity contribution < 1.29 is 14.3 Å². The van der Waals surface area contributed by atoms with Crippen LogP contribution in [0.2, 0.25) is 0 Å². The molecule has 0 aliphatic carbocycles. The average Bonchev–Trinajstić information content (AvgIpc) is 2.85. The van der Waals surface area contributed by atoms with Crippen LogP contribution in [-0.2, 0) is 6.54 Å². The van der Waals surface area contributed by atoms with E-state index in [1.807, 2.05) is 0 Å². The first-order chi connectivity index (χ1) is 8.71. The Kier molecular flexibility index (Phi) is 6.46. The lowest BCUT2D eigenvalue weighted by Crippen LogP contribution is -2.29. The molecular formula is C13H22N2O3. The van der Waals surface area contributed by atoms with Gasteiger partial charge >= 0.3 is 0 Å². The third-order valence-corrected chi connectivity index (χ3v) is 2.87. The van der Waals surface area contributed by atoms with Gasteiger partial charge in [-0.1, -0.05) is 13.3 Å². The van der Waals surface area contributed by atoms with E-state index < -0.39 is 0 Å². The van der Waals surface area contributed by atoms with Crippen LogP contribution in [0.1, 0.15) is 42.5 Å². The third kappa shape index (κ3) is 4.50. The normalized spacial score (nSPS) is 12.4. The van der Waals surface area contributed by atoms with Crippen molar-refractivity contribution in [2.75, 3.05) is 13.2 Å². The molecule has 1 aromatic rings. The molecule has 102 valence electrons. The van der Waals surface area contributed by atoms with Crippen LogP contribution in [0.25, 0.3) is 0 Å². The van der Waals surface area contributed by atoms with E-state index in [1.165, 1.54) is 0 Å². The van der Waals surface area contributed by atoms with Crippen LogP contribution in [0.4, 0.5) is 0 Å². The van der Waals surface area contributed by atoms with Gasteiger partial charge in [0.05, 0.1) is 6.54 Å². The van der Waals surface area contributed by atoms with Crippen molar-refractivity contribution in [3.63, 3.8) is 0 Å². The van der Waals surface area contributed by atoms with E-state index in [1.54, 1.807) is 12.1 Å². The molecule has 1 heterocycles. The average molecular weight is 254 g/mol. The molecule has 0 aliphatic heterocycles. The van der Waals surface area contributed by atoms with E-state index in [2.05, 4.69) is 12.2 Å². The van der Waals surface area contributed by atoms with Crippen molar-refractivity contribution in [1.82, 2.24) is 5.32 Å². The molecule has 0 bridgehead atoms. The summed E-state index contributed by atoms with van der Waals surface area (Å²) in [6.45, 7) is 3.09. The van der Waals surface area contributed by atoms with Crippen LogP contribution in [-0.4, -0.2) is 24.2 Å². The monoisotopic (exact) mass is 254 g/mol. The summed E-state index contributed by atoms with van der Waals surface area (Å²) < 4.78 is 5.26. The number of hydrogen-bond donors (Lipinski definition) is 3. The summed E-state index contributed by atoms with van der Waals surface area (Å²) in [5.41, 5.74) is 5.41. The Labute approximate surface area is 107 Å². The minimum atomic E-state index is -0.228. The lowest BCUT2D eigenvalue weighted by molar-refractivity contribution is 0.0913. The number of rotatable bonds is 8. The number of nitrogens with one attached hydrogen (secondary N) is 1. The lowest BCUT2D eigenvalue weighted by Gasteiger charge is -2.14.